The average molecular weight is 652 g/mol. The molecule has 5 N–H and O–H groups in total. The number of ether oxygens (including phenoxy) is 2. The van der Waals surface area contributed by atoms with Crippen molar-refractivity contribution < 1.29 is 34.5 Å². The van der Waals surface area contributed by atoms with Gasteiger partial charge < -0.3 is 29.9 Å². The molecule has 2 aliphatic heterocycles. The number of halogens is 1. The Morgan fingerprint density at radius 3 is 2.28 bits per heavy atom. The second-order valence-corrected chi connectivity index (χ2v) is 12.5. The molecule has 0 aliphatic carbocycles. The minimum atomic E-state index is -0.893. The number of unbranched alkanes of at least 4 members (excludes halogenated alkanes) is 1. The number of aliphatic hydroxyl groups is 2. The van der Waals surface area contributed by atoms with Gasteiger partial charge in [-0.15, -0.1) is 0 Å². The second kappa shape index (κ2) is 16.0. The number of piperidine rings is 1. The van der Waals surface area contributed by atoms with Crippen LogP contribution in [0, 0.1) is 0 Å². The predicted molar refractivity (Wildman–Crippen MR) is 173 cm³/mol. The largest absolute Gasteiger partial charge is 0.392 e. The molecule has 2 saturated heterocycles. The van der Waals surface area contributed by atoms with Crippen LogP contribution < -0.4 is 10.8 Å². The first kappa shape index (κ1) is 34.0. The normalized spacial score (nSPS) is 21.4. The lowest BCUT2D eigenvalue weighted by Gasteiger charge is -2.42. The molecule has 0 bridgehead atoms. The van der Waals surface area contributed by atoms with Gasteiger partial charge in [-0.3, -0.25) is 14.8 Å². The van der Waals surface area contributed by atoms with Crippen molar-refractivity contribution in [1.82, 2.24) is 10.4 Å². The van der Waals surface area contributed by atoms with Crippen molar-refractivity contribution in [3.63, 3.8) is 0 Å². The quantitative estimate of drug-likeness (QED) is 0.100. The lowest BCUT2D eigenvalue weighted by Crippen LogP contribution is -2.46. The van der Waals surface area contributed by atoms with Crippen LogP contribution in [-0.4, -0.2) is 57.9 Å². The Morgan fingerprint density at radius 1 is 0.913 bits per heavy atom. The lowest BCUT2D eigenvalue weighted by atomic mass is 9.84. The topological polar surface area (TPSA) is 141 Å². The highest BCUT2D eigenvalue weighted by molar-refractivity contribution is 6.30. The van der Waals surface area contributed by atoms with Crippen molar-refractivity contribution in [2.24, 2.45) is 0 Å². The molecule has 2 aliphatic rings. The van der Waals surface area contributed by atoms with Gasteiger partial charge in [0.05, 0.1) is 24.4 Å². The fraction of sp³-hybridized carbons (Fsp3) is 0.429. The molecule has 246 valence electrons. The highest BCUT2D eigenvalue weighted by Crippen LogP contribution is 2.40. The van der Waals surface area contributed by atoms with Crippen LogP contribution in [0.1, 0.15) is 79.6 Å². The van der Waals surface area contributed by atoms with Crippen LogP contribution in [0.5, 0.6) is 0 Å². The van der Waals surface area contributed by atoms with Gasteiger partial charge in [0, 0.05) is 55.2 Å². The zero-order valence-electron chi connectivity index (χ0n) is 25.7. The van der Waals surface area contributed by atoms with Crippen LogP contribution in [0.15, 0.2) is 72.8 Å². The first-order valence-electron chi connectivity index (χ1n) is 15.8. The minimum absolute atomic E-state index is 0.0337. The third kappa shape index (κ3) is 9.13. The summed E-state index contributed by atoms with van der Waals surface area (Å²) in [5, 5.41) is 33.1. The number of rotatable bonds is 12. The third-order valence-electron chi connectivity index (χ3n) is 8.77. The number of carbonyl (C=O) groups excluding carboxylic acids is 2. The summed E-state index contributed by atoms with van der Waals surface area (Å²) in [6, 6.07) is 22.6. The summed E-state index contributed by atoms with van der Waals surface area (Å²) in [6.07, 6.45) is 2.16. The van der Waals surface area contributed by atoms with E-state index < -0.39 is 17.8 Å². The Kier molecular flexibility index (Phi) is 11.8. The fourth-order valence-electron chi connectivity index (χ4n) is 6.09. The molecule has 10 nitrogen and oxygen atoms in total. The van der Waals surface area contributed by atoms with E-state index in [9.17, 15) is 19.8 Å². The van der Waals surface area contributed by atoms with E-state index in [4.69, 9.17) is 26.3 Å². The van der Waals surface area contributed by atoms with Gasteiger partial charge in [0.15, 0.2) is 6.29 Å². The van der Waals surface area contributed by atoms with Crippen molar-refractivity contribution in [1.29, 1.82) is 0 Å². The Bertz CT molecular complexity index is 1450. The van der Waals surface area contributed by atoms with E-state index in [0.29, 0.717) is 62.4 Å². The van der Waals surface area contributed by atoms with Gasteiger partial charge in [-0.25, -0.2) is 5.48 Å². The number of nitrogens with one attached hydrogen (secondary N) is 2. The molecule has 0 spiro atoms. The second-order valence-electron chi connectivity index (χ2n) is 12.1. The van der Waals surface area contributed by atoms with Crippen molar-refractivity contribution >= 4 is 29.1 Å². The molecule has 0 radical (unpaired) electrons. The summed E-state index contributed by atoms with van der Waals surface area (Å²) in [5.41, 5.74) is 4.79. The summed E-state index contributed by atoms with van der Waals surface area (Å²) < 4.78 is 13.0. The molecule has 5 rings (SSSR count). The Balaban J connectivity index is 1.25. The zero-order chi connectivity index (χ0) is 32.5. The Hall–Kier alpha value is -3.35. The third-order valence-corrected chi connectivity index (χ3v) is 9.02. The minimum Gasteiger partial charge on any atom is -0.392 e. The number of amides is 2. The molecular formula is C35H42ClN3O7. The number of anilines is 1. The summed E-state index contributed by atoms with van der Waals surface area (Å²) >= 11 is 6.06. The molecule has 2 amide bonds. The lowest BCUT2D eigenvalue weighted by molar-refractivity contribution is -0.253. The van der Waals surface area contributed by atoms with Gasteiger partial charge in [-0.05, 0) is 66.6 Å². The monoisotopic (exact) mass is 651 g/mol. The summed E-state index contributed by atoms with van der Waals surface area (Å²) in [4.78, 5) is 26.1. The van der Waals surface area contributed by atoms with Crippen molar-refractivity contribution in [2.75, 3.05) is 25.0 Å². The first-order chi connectivity index (χ1) is 22.2. The van der Waals surface area contributed by atoms with Gasteiger partial charge in [-0.1, -0.05) is 60.1 Å². The van der Waals surface area contributed by atoms with Crippen LogP contribution in [0.3, 0.4) is 0 Å². The fourth-order valence-corrected chi connectivity index (χ4v) is 6.21. The summed E-state index contributed by atoms with van der Waals surface area (Å²) in [5.74, 6) is -0.642. The van der Waals surface area contributed by atoms with E-state index in [0.717, 1.165) is 22.3 Å². The number of carbonyl (C=O) groups is 2. The first-order valence-corrected chi connectivity index (χ1v) is 16.2. The van der Waals surface area contributed by atoms with Crippen molar-refractivity contribution in [3.05, 3.63) is 100 Å². The van der Waals surface area contributed by atoms with E-state index in [1.807, 2.05) is 72.8 Å². The van der Waals surface area contributed by atoms with Crippen molar-refractivity contribution in [2.45, 2.75) is 75.7 Å². The molecule has 0 unspecified atom stereocenters. The predicted octanol–water partition coefficient (Wildman–Crippen LogP) is 5.37. The molecule has 3 atom stereocenters. The maximum absolute atomic E-state index is 12.6. The number of benzene rings is 3. The standard InChI is InChI=1S/C35H42ClN3O7/c36-28-14-12-27(13-15-28)35(43)16-18-39(19-17-35)22-30-21-31(25-10-8-24(23-40)9-11-25)46-34(45-30)26-4-3-5-29(20-26)37-32(41)6-1-2-7-33(42)38-44/h3-5,8-15,20,30-31,34,40,43-44H,1-2,6-7,16-19,21-23H2,(H,37,41)(H,38,42)/t30-,31+,34+/m1/s1. The number of nitrogens with zero attached hydrogens (tertiary/aromatic N) is 1. The van der Waals surface area contributed by atoms with Crippen molar-refractivity contribution in [3.8, 4) is 0 Å². The van der Waals surface area contributed by atoms with Gasteiger partial charge in [-0.2, -0.15) is 0 Å². The molecular weight excluding hydrogens is 610 g/mol. The number of aliphatic hydroxyl groups excluding tert-OH is 1. The molecule has 0 aromatic heterocycles. The molecule has 3 aromatic rings. The Labute approximate surface area is 274 Å². The molecule has 3 aromatic carbocycles. The Morgan fingerprint density at radius 2 is 1.61 bits per heavy atom. The number of likely N-dealkylation sites (tertiary alicyclic amines) is 1. The van der Waals surface area contributed by atoms with E-state index in [1.54, 1.807) is 5.48 Å². The van der Waals surface area contributed by atoms with E-state index in [2.05, 4.69) is 10.2 Å². The van der Waals surface area contributed by atoms with Crippen LogP contribution in [0.25, 0.3) is 0 Å². The molecule has 2 heterocycles. The van der Waals surface area contributed by atoms with Gasteiger partial charge in [0.2, 0.25) is 11.8 Å². The summed E-state index contributed by atoms with van der Waals surface area (Å²) in [6.45, 7) is 2.07. The zero-order valence-corrected chi connectivity index (χ0v) is 26.5. The van der Waals surface area contributed by atoms with Crippen LogP contribution >= 0.6 is 11.6 Å². The smallest absolute Gasteiger partial charge is 0.243 e. The molecule has 0 saturated carbocycles. The molecule has 2 fully saturated rings. The number of hydrogen-bond donors (Lipinski definition) is 5. The van der Waals surface area contributed by atoms with E-state index in [1.165, 1.54) is 0 Å². The van der Waals surface area contributed by atoms with Gasteiger partial charge in [0.25, 0.3) is 0 Å². The van der Waals surface area contributed by atoms with E-state index in [-0.39, 0.29) is 37.6 Å². The maximum atomic E-state index is 12.6. The SMILES string of the molecule is O=C(CCCCC(=O)Nc1cccc([C@H]2O[C@@H](CN3CCC(O)(c4ccc(Cl)cc4)CC3)C[C@@H](c3ccc(CO)cc3)O2)c1)NO. The highest BCUT2D eigenvalue weighted by Gasteiger charge is 2.37. The van der Waals surface area contributed by atoms with Crippen LogP contribution in [0.4, 0.5) is 5.69 Å². The molecule has 46 heavy (non-hydrogen) atoms. The van der Waals surface area contributed by atoms with Crippen LogP contribution in [0.2, 0.25) is 5.02 Å². The van der Waals surface area contributed by atoms with Gasteiger partial charge in [0.1, 0.15) is 0 Å². The van der Waals surface area contributed by atoms with Gasteiger partial charge >= 0.3 is 0 Å². The summed E-state index contributed by atoms with van der Waals surface area (Å²) in [7, 11) is 0. The highest BCUT2D eigenvalue weighted by atomic mass is 35.5. The van der Waals surface area contributed by atoms with Crippen LogP contribution in [-0.2, 0) is 31.3 Å². The van der Waals surface area contributed by atoms with E-state index >= 15 is 0 Å². The average Bonchev–Trinajstić information content (AvgIpc) is 3.08. The number of hydrogen-bond acceptors (Lipinski definition) is 8. The number of hydroxylamine groups is 1. The molecule has 11 heteroatoms. The maximum Gasteiger partial charge on any atom is 0.243 e.